The highest BCUT2D eigenvalue weighted by Gasteiger charge is 1.92. The summed E-state index contributed by atoms with van der Waals surface area (Å²) < 4.78 is 5.89. The number of aromatic nitrogens is 2. The van der Waals surface area contributed by atoms with Gasteiger partial charge in [0.2, 0.25) is 0 Å². The molecule has 0 N–H and O–H groups in total. The monoisotopic (exact) mass is 268 g/mol. The highest BCUT2D eigenvalue weighted by Crippen LogP contribution is 2.04. The van der Waals surface area contributed by atoms with E-state index < -0.39 is 0 Å². The number of nitrogens with zero attached hydrogens (tertiary/aromatic N) is 2. The standard InChI is InChI=1S/C5H5IN2OS/c6-4-1-7-5(8-2-4)9-3-10/h1-2,10H,3H2. The summed E-state index contributed by atoms with van der Waals surface area (Å²) in [6.45, 7) is 0. The fourth-order valence-corrected chi connectivity index (χ4v) is 0.827. The normalized spacial score (nSPS) is 9.40. The van der Waals surface area contributed by atoms with Crippen molar-refractivity contribution in [3.63, 3.8) is 0 Å². The van der Waals surface area contributed by atoms with Crippen molar-refractivity contribution in [2.45, 2.75) is 0 Å². The van der Waals surface area contributed by atoms with Crippen LogP contribution < -0.4 is 4.74 Å². The van der Waals surface area contributed by atoms with E-state index >= 15 is 0 Å². The van der Waals surface area contributed by atoms with Gasteiger partial charge in [-0.1, -0.05) is 0 Å². The van der Waals surface area contributed by atoms with Crippen LogP contribution in [-0.4, -0.2) is 15.9 Å². The molecule has 0 aliphatic carbocycles. The fourth-order valence-electron chi connectivity index (χ4n) is 0.433. The number of ether oxygens (including phenoxy) is 1. The maximum absolute atomic E-state index is 4.90. The zero-order chi connectivity index (χ0) is 7.40. The summed E-state index contributed by atoms with van der Waals surface area (Å²) in [5.74, 6) is 0.306. The van der Waals surface area contributed by atoms with Crippen molar-refractivity contribution < 1.29 is 4.74 Å². The van der Waals surface area contributed by atoms with Gasteiger partial charge in [-0.15, -0.1) is 12.6 Å². The second kappa shape index (κ2) is 3.97. The van der Waals surface area contributed by atoms with Crippen LogP contribution in [0.15, 0.2) is 12.4 Å². The second-order valence-electron chi connectivity index (χ2n) is 1.46. The third kappa shape index (κ3) is 2.30. The molecule has 0 saturated carbocycles. The van der Waals surface area contributed by atoms with Gasteiger partial charge >= 0.3 is 6.01 Å². The van der Waals surface area contributed by atoms with E-state index in [0.717, 1.165) is 3.57 Å². The maximum Gasteiger partial charge on any atom is 0.317 e. The van der Waals surface area contributed by atoms with Gasteiger partial charge in [0.05, 0.1) is 0 Å². The highest BCUT2D eigenvalue weighted by atomic mass is 127. The van der Waals surface area contributed by atoms with Gasteiger partial charge in [0, 0.05) is 16.0 Å². The van der Waals surface area contributed by atoms with E-state index in [1.165, 1.54) is 0 Å². The molecule has 0 saturated heterocycles. The van der Waals surface area contributed by atoms with Crippen molar-refractivity contribution in [3.8, 4) is 6.01 Å². The summed E-state index contributed by atoms with van der Waals surface area (Å²) in [7, 11) is 0. The predicted molar refractivity (Wildman–Crippen MR) is 49.2 cm³/mol. The van der Waals surface area contributed by atoms with E-state index in [2.05, 4.69) is 45.2 Å². The average molecular weight is 268 g/mol. The van der Waals surface area contributed by atoms with Crippen LogP contribution in [0.2, 0.25) is 0 Å². The molecule has 1 rings (SSSR count). The molecule has 0 aromatic carbocycles. The predicted octanol–water partition coefficient (Wildman–Crippen LogP) is 1.35. The molecule has 0 bridgehead atoms. The highest BCUT2D eigenvalue weighted by molar-refractivity contribution is 14.1. The van der Waals surface area contributed by atoms with Crippen molar-refractivity contribution in [2.75, 3.05) is 5.94 Å². The summed E-state index contributed by atoms with van der Waals surface area (Å²) in [6.07, 6.45) is 3.37. The van der Waals surface area contributed by atoms with Crippen LogP contribution in [0.3, 0.4) is 0 Å². The van der Waals surface area contributed by atoms with Crippen LogP contribution in [0, 0.1) is 3.57 Å². The molecule has 10 heavy (non-hydrogen) atoms. The van der Waals surface area contributed by atoms with Gasteiger partial charge in [-0.05, 0) is 22.6 Å². The second-order valence-corrected chi connectivity index (χ2v) is 2.96. The first-order chi connectivity index (χ1) is 4.83. The van der Waals surface area contributed by atoms with Crippen molar-refractivity contribution in [1.82, 2.24) is 9.97 Å². The summed E-state index contributed by atoms with van der Waals surface area (Å²) in [6, 6.07) is 0.371. The Labute approximate surface area is 77.8 Å². The van der Waals surface area contributed by atoms with Gasteiger partial charge in [-0.25, -0.2) is 9.97 Å². The minimum absolute atomic E-state index is 0.306. The Balaban J connectivity index is 2.69. The number of hydrogen-bond acceptors (Lipinski definition) is 4. The van der Waals surface area contributed by atoms with Crippen LogP contribution in [0.5, 0.6) is 6.01 Å². The molecule has 1 aromatic rings. The lowest BCUT2D eigenvalue weighted by atomic mass is 10.7. The molecule has 5 heteroatoms. The molecule has 1 aromatic heterocycles. The Morgan fingerprint density at radius 3 is 2.60 bits per heavy atom. The Bertz CT molecular complexity index is 203. The topological polar surface area (TPSA) is 35.0 Å². The molecule has 0 aliphatic rings. The van der Waals surface area contributed by atoms with Crippen LogP contribution in [-0.2, 0) is 0 Å². The Morgan fingerprint density at radius 1 is 1.50 bits per heavy atom. The minimum Gasteiger partial charge on any atom is -0.453 e. The molecular weight excluding hydrogens is 263 g/mol. The van der Waals surface area contributed by atoms with Gasteiger partial charge in [0.15, 0.2) is 0 Å². The third-order valence-corrected chi connectivity index (χ3v) is 1.48. The summed E-state index contributed by atoms with van der Waals surface area (Å²) in [5, 5.41) is 0. The van der Waals surface area contributed by atoms with Crippen LogP contribution in [0.1, 0.15) is 0 Å². The Hall–Kier alpha value is -0.0400. The lowest BCUT2D eigenvalue weighted by Crippen LogP contribution is -1.94. The molecule has 0 spiro atoms. The van der Waals surface area contributed by atoms with Crippen LogP contribution in [0.25, 0.3) is 0 Å². The SMILES string of the molecule is SCOc1ncc(I)cn1. The average Bonchev–Trinajstić information content (AvgIpc) is 1.95. The molecule has 54 valence electrons. The van der Waals surface area contributed by atoms with Gasteiger partial charge < -0.3 is 4.74 Å². The first kappa shape index (κ1) is 8.06. The molecule has 3 nitrogen and oxygen atoms in total. The molecule has 0 fully saturated rings. The molecule has 0 amide bonds. The number of rotatable bonds is 2. The number of hydrogen-bond donors (Lipinski definition) is 1. The van der Waals surface area contributed by atoms with Crippen molar-refractivity contribution in [2.24, 2.45) is 0 Å². The van der Waals surface area contributed by atoms with Crippen molar-refractivity contribution >= 4 is 35.2 Å². The molecule has 0 atom stereocenters. The summed E-state index contributed by atoms with van der Waals surface area (Å²) in [4.78, 5) is 7.76. The van der Waals surface area contributed by atoms with E-state index in [0.29, 0.717) is 11.9 Å². The van der Waals surface area contributed by atoms with E-state index in [9.17, 15) is 0 Å². The lowest BCUT2D eigenvalue weighted by molar-refractivity contribution is 0.361. The zero-order valence-corrected chi connectivity index (χ0v) is 8.04. The van der Waals surface area contributed by atoms with Gasteiger partial charge in [0.25, 0.3) is 0 Å². The van der Waals surface area contributed by atoms with E-state index in [-0.39, 0.29) is 0 Å². The molecule has 0 radical (unpaired) electrons. The maximum atomic E-state index is 4.90. The van der Waals surface area contributed by atoms with Crippen LogP contribution in [0.4, 0.5) is 0 Å². The van der Waals surface area contributed by atoms with Crippen LogP contribution >= 0.6 is 35.2 Å². The first-order valence-electron chi connectivity index (χ1n) is 2.54. The molecule has 1 heterocycles. The van der Waals surface area contributed by atoms with Crippen molar-refractivity contribution in [1.29, 1.82) is 0 Å². The quantitative estimate of drug-likeness (QED) is 0.499. The van der Waals surface area contributed by atoms with E-state index in [1.807, 2.05) is 0 Å². The van der Waals surface area contributed by atoms with Gasteiger partial charge in [0.1, 0.15) is 5.94 Å². The van der Waals surface area contributed by atoms with Gasteiger partial charge in [-0.2, -0.15) is 0 Å². The van der Waals surface area contributed by atoms with E-state index in [1.54, 1.807) is 12.4 Å². The first-order valence-corrected chi connectivity index (χ1v) is 4.25. The Kier molecular flexibility index (Phi) is 3.20. The molecule has 0 aliphatic heterocycles. The third-order valence-electron chi connectivity index (χ3n) is 0.790. The summed E-state index contributed by atoms with van der Waals surface area (Å²) in [5.41, 5.74) is 0. The van der Waals surface area contributed by atoms with Gasteiger partial charge in [-0.3, -0.25) is 0 Å². The molecule has 0 unspecified atom stereocenters. The Morgan fingerprint density at radius 2 is 2.10 bits per heavy atom. The lowest BCUT2D eigenvalue weighted by Gasteiger charge is -1.97. The van der Waals surface area contributed by atoms with E-state index in [4.69, 9.17) is 4.74 Å². The smallest absolute Gasteiger partial charge is 0.317 e. The van der Waals surface area contributed by atoms with Crippen molar-refractivity contribution in [3.05, 3.63) is 16.0 Å². The minimum atomic E-state index is 0.306. The summed E-state index contributed by atoms with van der Waals surface area (Å²) >= 11 is 5.98. The zero-order valence-electron chi connectivity index (χ0n) is 4.99. The number of thiol groups is 1. The fraction of sp³-hybridized carbons (Fsp3) is 0.200. The largest absolute Gasteiger partial charge is 0.453 e. The number of halogens is 1. The molecular formula is C5H5IN2OS.